The molecule has 1 N–H and O–H groups in total. The fraction of sp³-hybridized carbons (Fsp3) is 0.421. The maximum absolute atomic E-state index is 12.6. The number of nitrogens with one attached hydrogen (secondary N) is 1. The van der Waals surface area contributed by atoms with Crippen LogP contribution in [0.4, 0.5) is 5.95 Å². The summed E-state index contributed by atoms with van der Waals surface area (Å²) in [6.07, 6.45) is 3.73. The van der Waals surface area contributed by atoms with E-state index in [1.54, 1.807) is 24.5 Å². The Hall–Kier alpha value is -2.52. The largest absolute Gasteiger partial charge is 0.352 e. The first-order valence-electron chi connectivity index (χ1n) is 9.30. The number of amides is 1. The molecule has 0 unspecified atom stereocenters. The van der Waals surface area contributed by atoms with Gasteiger partial charge in [-0.3, -0.25) is 4.79 Å². The molecule has 1 aliphatic rings. The fourth-order valence-electron chi connectivity index (χ4n) is 3.09. The Balaban J connectivity index is 1.43. The summed E-state index contributed by atoms with van der Waals surface area (Å²) in [5.41, 5.74) is 1.59. The molecule has 28 heavy (non-hydrogen) atoms. The summed E-state index contributed by atoms with van der Waals surface area (Å²) in [4.78, 5) is 22.5. The summed E-state index contributed by atoms with van der Waals surface area (Å²) >= 11 is 0. The lowest BCUT2D eigenvalue weighted by Gasteiger charge is -2.33. The topological polar surface area (TPSA) is 95.5 Å². The third-order valence-electron chi connectivity index (χ3n) is 4.61. The number of sulfonamides is 1. The van der Waals surface area contributed by atoms with E-state index in [1.807, 2.05) is 30.0 Å². The van der Waals surface area contributed by atoms with Crippen molar-refractivity contribution in [2.45, 2.75) is 13.3 Å². The van der Waals surface area contributed by atoms with Crippen LogP contribution in [0.1, 0.15) is 22.3 Å². The molecule has 1 saturated heterocycles. The molecule has 9 heteroatoms. The van der Waals surface area contributed by atoms with Crippen LogP contribution in [0.25, 0.3) is 0 Å². The molecule has 2 aromatic rings. The molecule has 0 radical (unpaired) electrons. The van der Waals surface area contributed by atoms with E-state index >= 15 is 0 Å². The molecule has 0 spiro atoms. The minimum atomic E-state index is -3.34. The van der Waals surface area contributed by atoms with Crippen molar-refractivity contribution in [3.8, 4) is 0 Å². The van der Waals surface area contributed by atoms with E-state index in [0.717, 1.165) is 5.56 Å². The number of carbonyl (C=O) groups is 1. The predicted octanol–water partition coefficient (Wildman–Crippen LogP) is 1.06. The van der Waals surface area contributed by atoms with Gasteiger partial charge in [-0.1, -0.05) is 17.7 Å². The third kappa shape index (κ3) is 5.26. The third-order valence-corrected chi connectivity index (χ3v) is 6.57. The second-order valence-corrected chi connectivity index (χ2v) is 8.82. The number of piperazine rings is 1. The molecular formula is C19H25N5O3S. The maximum atomic E-state index is 12.6. The highest BCUT2D eigenvalue weighted by atomic mass is 32.2. The highest BCUT2D eigenvalue weighted by Crippen LogP contribution is 2.13. The summed E-state index contributed by atoms with van der Waals surface area (Å²) < 4.78 is 26.6. The van der Waals surface area contributed by atoms with Gasteiger partial charge in [0.25, 0.3) is 5.91 Å². The standard InChI is InChI=1S/C19H25N5O3S/c1-16-5-2-6-17(15-16)18(25)20-9-4-14-28(26,27)24-12-10-23(11-13-24)19-21-7-3-8-22-19/h2-3,5-8,15H,4,9-14H2,1H3,(H,20,25). The number of nitrogens with zero attached hydrogens (tertiary/aromatic N) is 4. The summed E-state index contributed by atoms with van der Waals surface area (Å²) in [5.74, 6) is 0.458. The van der Waals surface area contributed by atoms with E-state index in [9.17, 15) is 13.2 Å². The van der Waals surface area contributed by atoms with Gasteiger partial charge in [-0.05, 0) is 31.5 Å². The Bertz CT molecular complexity index is 897. The van der Waals surface area contributed by atoms with Crippen LogP contribution in [0.3, 0.4) is 0 Å². The van der Waals surface area contributed by atoms with Crippen molar-refractivity contribution in [3.63, 3.8) is 0 Å². The summed E-state index contributed by atoms with van der Waals surface area (Å²) in [7, 11) is -3.34. The Morgan fingerprint density at radius 1 is 1.11 bits per heavy atom. The second-order valence-electron chi connectivity index (χ2n) is 6.73. The number of rotatable bonds is 7. The van der Waals surface area contributed by atoms with E-state index in [2.05, 4.69) is 15.3 Å². The molecule has 8 nitrogen and oxygen atoms in total. The van der Waals surface area contributed by atoms with E-state index in [0.29, 0.717) is 50.7 Å². The van der Waals surface area contributed by atoms with Gasteiger partial charge in [0, 0.05) is 50.7 Å². The minimum Gasteiger partial charge on any atom is -0.352 e. The number of benzene rings is 1. The van der Waals surface area contributed by atoms with Crippen LogP contribution in [0, 0.1) is 6.92 Å². The number of aromatic nitrogens is 2. The van der Waals surface area contributed by atoms with Gasteiger partial charge < -0.3 is 10.2 Å². The number of hydrogen-bond donors (Lipinski definition) is 1. The first-order chi connectivity index (χ1) is 13.5. The Morgan fingerprint density at radius 3 is 2.50 bits per heavy atom. The van der Waals surface area contributed by atoms with Crippen molar-refractivity contribution in [2.75, 3.05) is 43.4 Å². The normalized spacial score (nSPS) is 15.4. The average molecular weight is 404 g/mol. The van der Waals surface area contributed by atoms with Gasteiger partial charge in [0.05, 0.1) is 5.75 Å². The summed E-state index contributed by atoms with van der Waals surface area (Å²) in [5, 5.41) is 2.78. The molecule has 2 heterocycles. The van der Waals surface area contributed by atoms with Crippen LogP contribution >= 0.6 is 0 Å². The molecule has 0 atom stereocenters. The fourth-order valence-corrected chi connectivity index (χ4v) is 4.58. The molecular weight excluding hydrogens is 378 g/mol. The zero-order chi connectivity index (χ0) is 20.0. The van der Waals surface area contributed by atoms with Gasteiger partial charge in [-0.15, -0.1) is 0 Å². The lowest BCUT2D eigenvalue weighted by molar-refractivity contribution is 0.0953. The van der Waals surface area contributed by atoms with Crippen LogP contribution in [0.5, 0.6) is 0 Å². The molecule has 150 valence electrons. The Kier molecular flexibility index (Phi) is 6.58. The van der Waals surface area contributed by atoms with Crippen LogP contribution in [-0.4, -0.2) is 67.1 Å². The number of hydrogen-bond acceptors (Lipinski definition) is 6. The quantitative estimate of drug-likeness (QED) is 0.695. The molecule has 1 amide bonds. The number of aryl methyl sites for hydroxylation is 1. The summed E-state index contributed by atoms with van der Waals surface area (Å²) in [6, 6.07) is 9.06. The molecule has 1 aromatic heterocycles. The predicted molar refractivity (Wildman–Crippen MR) is 108 cm³/mol. The Labute approximate surface area is 165 Å². The second kappa shape index (κ2) is 9.11. The van der Waals surface area contributed by atoms with Crippen molar-refractivity contribution in [1.29, 1.82) is 0 Å². The first-order valence-corrected chi connectivity index (χ1v) is 10.9. The van der Waals surface area contributed by atoms with Gasteiger partial charge in [0.2, 0.25) is 16.0 Å². The smallest absolute Gasteiger partial charge is 0.251 e. The van der Waals surface area contributed by atoms with E-state index < -0.39 is 10.0 Å². The zero-order valence-electron chi connectivity index (χ0n) is 15.9. The monoisotopic (exact) mass is 403 g/mol. The zero-order valence-corrected chi connectivity index (χ0v) is 16.7. The van der Waals surface area contributed by atoms with E-state index in [4.69, 9.17) is 0 Å². The number of anilines is 1. The number of carbonyl (C=O) groups excluding carboxylic acids is 1. The van der Waals surface area contributed by atoms with Crippen LogP contribution in [0.15, 0.2) is 42.7 Å². The molecule has 1 aromatic carbocycles. The van der Waals surface area contributed by atoms with Crippen molar-refractivity contribution >= 4 is 21.9 Å². The lowest BCUT2D eigenvalue weighted by atomic mass is 10.1. The van der Waals surface area contributed by atoms with E-state index in [-0.39, 0.29) is 11.7 Å². The van der Waals surface area contributed by atoms with Crippen LogP contribution < -0.4 is 10.2 Å². The summed E-state index contributed by atoms with van der Waals surface area (Å²) in [6.45, 7) is 4.20. The van der Waals surface area contributed by atoms with Gasteiger partial charge in [-0.25, -0.2) is 18.4 Å². The van der Waals surface area contributed by atoms with Gasteiger partial charge >= 0.3 is 0 Å². The molecule has 1 fully saturated rings. The highest BCUT2D eigenvalue weighted by molar-refractivity contribution is 7.89. The van der Waals surface area contributed by atoms with E-state index in [1.165, 1.54) is 4.31 Å². The van der Waals surface area contributed by atoms with Crippen molar-refractivity contribution < 1.29 is 13.2 Å². The SMILES string of the molecule is Cc1cccc(C(=O)NCCCS(=O)(=O)N2CCN(c3ncccn3)CC2)c1. The molecule has 0 aliphatic carbocycles. The van der Waals surface area contributed by atoms with Gasteiger partial charge in [-0.2, -0.15) is 4.31 Å². The van der Waals surface area contributed by atoms with Crippen LogP contribution in [0.2, 0.25) is 0 Å². The van der Waals surface area contributed by atoms with Crippen molar-refractivity contribution in [3.05, 3.63) is 53.9 Å². The van der Waals surface area contributed by atoms with Gasteiger partial charge in [0.1, 0.15) is 0 Å². The highest BCUT2D eigenvalue weighted by Gasteiger charge is 2.27. The van der Waals surface area contributed by atoms with Crippen molar-refractivity contribution in [1.82, 2.24) is 19.6 Å². The maximum Gasteiger partial charge on any atom is 0.251 e. The first kappa shape index (κ1) is 20.2. The van der Waals surface area contributed by atoms with Crippen molar-refractivity contribution in [2.24, 2.45) is 0 Å². The molecule has 3 rings (SSSR count). The Morgan fingerprint density at radius 2 is 1.82 bits per heavy atom. The minimum absolute atomic E-state index is 0.0168. The lowest BCUT2D eigenvalue weighted by Crippen LogP contribution is -2.49. The van der Waals surface area contributed by atoms with Gasteiger partial charge in [0.15, 0.2) is 0 Å². The molecule has 1 aliphatic heterocycles. The average Bonchev–Trinajstić information content (AvgIpc) is 2.72. The molecule has 0 saturated carbocycles. The van der Waals surface area contributed by atoms with Crippen LogP contribution in [-0.2, 0) is 10.0 Å². The molecule has 0 bridgehead atoms.